The van der Waals surface area contributed by atoms with Crippen molar-refractivity contribution in [3.63, 3.8) is 0 Å². The Labute approximate surface area is 322 Å². The Kier molecular flexibility index (Phi) is 7.64. The lowest BCUT2D eigenvalue weighted by Crippen LogP contribution is -2.55. The normalized spacial score (nSPS) is 11.7. The van der Waals surface area contributed by atoms with E-state index in [1.54, 1.807) is 0 Å². The Hall–Kier alpha value is -5.91. The van der Waals surface area contributed by atoms with Crippen molar-refractivity contribution in [2.24, 2.45) is 0 Å². The smallest absolute Gasteiger partial charge is 0.164 e. The van der Waals surface area contributed by atoms with Crippen LogP contribution in [0.15, 0.2) is 133 Å². The first-order valence-electron chi connectivity index (χ1n) is 18.5. The molecule has 0 fully saturated rings. The van der Waals surface area contributed by atoms with Gasteiger partial charge in [-0.05, 0) is 61.6 Å². The topological polar surface area (TPSA) is 38.7 Å². The highest BCUT2D eigenvalue weighted by Gasteiger charge is 2.19. The summed E-state index contributed by atoms with van der Waals surface area (Å²) in [6.45, 7) is 0. The van der Waals surface area contributed by atoms with Gasteiger partial charge in [0.2, 0.25) is 0 Å². The number of aromatic nitrogens is 3. The molecule has 2 aromatic heterocycles. The first-order chi connectivity index (χ1) is 26.3. The molecule has 2 heterocycles. The van der Waals surface area contributed by atoms with Crippen LogP contribution in [-0.2, 0) is 0 Å². The standard InChI is InChI=1S/C45H32B5N3S/c46-38-37(39(47)41(49)42(50)40(38)48)45-52-43(23-8-2-1-3-9-23)51-44(53-45)26-16-19-33-32-18-15-25(21-35(32)54-36(33)22-26)24-14-17-31-29-12-5-4-10-27(29)28-11-6-7-13-30(28)34(31)20-24/h1-22H,46-50H2. The summed E-state index contributed by atoms with van der Waals surface area (Å²) in [6.07, 6.45) is 0. The van der Waals surface area contributed by atoms with Crippen molar-refractivity contribution >= 4 is 130 Å². The molecule has 0 saturated carbocycles. The number of hydrogen-bond donors (Lipinski definition) is 0. The highest BCUT2D eigenvalue weighted by atomic mass is 32.1. The zero-order valence-corrected chi connectivity index (χ0v) is 31.8. The maximum Gasteiger partial charge on any atom is 0.164 e. The van der Waals surface area contributed by atoms with E-state index in [4.69, 9.17) is 15.0 Å². The molecular formula is C45H32B5N3S. The number of hydrogen-bond acceptors (Lipinski definition) is 4. The predicted octanol–water partition coefficient (Wildman–Crippen LogP) is 3.66. The fourth-order valence-electron chi connectivity index (χ4n) is 8.35. The van der Waals surface area contributed by atoms with Crippen molar-refractivity contribution in [1.29, 1.82) is 0 Å². The monoisotopic (exact) mass is 701 g/mol. The van der Waals surface area contributed by atoms with E-state index in [0.29, 0.717) is 11.6 Å². The maximum atomic E-state index is 5.20. The van der Waals surface area contributed by atoms with Gasteiger partial charge in [0.05, 0.1) is 0 Å². The number of benzene rings is 8. The van der Waals surface area contributed by atoms with E-state index >= 15 is 0 Å². The van der Waals surface area contributed by atoms with Crippen LogP contribution >= 0.6 is 11.3 Å². The molecule has 0 unspecified atom stereocenters. The second-order valence-electron chi connectivity index (χ2n) is 14.5. The van der Waals surface area contributed by atoms with Crippen molar-refractivity contribution in [1.82, 2.24) is 15.0 Å². The Bertz CT molecular complexity index is 3120. The van der Waals surface area contributed by atoms with Crippen molar-refractivity contribution in [2.45, 2.75) is 0 Å². The van der Waals surface area contributed by atoms with Crippen LogP contribution < -0.4 is 27.3 Å². The molecule has 10 rings (SSSR count). The van der Waals surface area contributed by atoms with Gasteiger partial charge >= 0.3 is 0 Å². The van der Waals surface area contributed by atoms with E-state index in [9.17, 15) is 0 Å². The van der Waals surface area contributed by atoms with E-state index in [-0.39, 0.29) is 0 Å². The van der Waals surface area contributed by atoms with E-state index in [1.807, 2.05) is 29.5 Å². The van der Waals surface area contributed by atoms with Crippen LogP contribution in [0.4, 0.5) is 0 Å². The van der Waals surface area contributed by atoms with Crippen LogP contribution in [-0.4, -0.2) is 54.2 Å². The third-order valence-corrected chi connectivity index (χ3v) is 12.8. The molecule has 0 radical (unpaired) electrons. The number of rotatable bonds is 4. The van der Waals surface area contributed by atoms with Gasteiger partial charge in [-0.1, -0.05) is 126 Å². The van der Waals surface area contributed by atoms with Crippen LogP contribution in [0.5, 0.6) is 0 Å². The van der Waals surface area contributed by atoms with Gasteiger partial charge in [-0.2, -0.15) is 0 Å². The minimum absolute atomic E-state index is 0.683. The molecule has 9 heteroatoms. The molecule has 0 aliphatic heterocycles. The van der Waals surface area contributed by atoms with Gasteiger partial charge in [0.15, 0.2) is 17.5 Å². The predicted molar refractivity (Wildman–Crippen MR) is 248 cm³/mol. The first kappa shape index (κ1) is 32.7. The largest absolute Gasteiger partial charge is 0.208 e. The molecule has 0 saturated heterocycles. The highest BCUT2D eigenvalue weighted by Crippen LogP contribution is 2.40. The molecule has 10 aromatic rings. The zero-order valence-electron chi connectivity index (χ0n) is 31.0. The summed E-state index contributed by atoms with van der Waals surface area (Å²) in [5.74, 6) is 2.09. The van der Waals surface area contributed by atoms with Crippen LogP contribution in [0, 0.1) is 0 Å². The van der Waals surface area contributed by atoms with Gasteiger partial charge in [0.25, 0.3) is 0 Å². The minimum Gasteiger partial charge on any atom is -0.208 e. The molecule has 0 atom stereocenters. The molecule has 0 bridgehead atoms. The van der Waals surface area contributed by atoms with E-state index < -0.39 is 0 Å². The molecule has 54 heavy (non-hydrogen) atoms. The number of thiophene rings is 1. The Morgan fingerprint density at radius 2 is 0.722 bits per heavy atom. The average molecular weight is 701 g/mol. The summed E-state index contributed by atoms with van der Waals surface area (Å²) in [7, 11) is 11.0. The molecule has 0 N–H and O–H groups in total. The zero-order chi connectivity index (χ0) is 36.7. The van der Waals surface area contributed by atoms with Gasteiger partial charge in [0.1, 0.15) is 39.2 Å². The minimum atomic E-state index is 0.683. The van der Waals surface area contributed by atoms with Crippen LogP contribution in [0.1, 0.15) is 0 Å². The molecule has 0 spiro atoms. The molecule has 0 aliphatic carbocycles. The quantitative estimate of drug-likeness (QED) is 0.208. The molecule has 3 nitrogen and oxygen atoms in total. The van der Waals surface area contributed by atoms with E-state index in [0.717, 1.165) is 22.5 Å². The average Bonchev–Trinajstić information content (AvgIpc) is 3.59. The summed E-state index contributed by atoms with van der Waals surface area (Å²) in [5, 5.41) is 10.3. The lowest BCUT2D eigenvalue weighted by atomic mass is 9.60. The summed E-state index contributed by atoms with van der Waals surface area (Å²) < 4.78 is 2.48. The summed E-state index contributed by atoms with van der Waals surface area (Å²) in [4.78, 5) is 15.4. The Morgan fingerprint density at radius 1 is 0.315 bits per heavy atom. The molecular weight excluding hydrogens is 669 g/mol. The van der Waals surface area contributed by atoms with Gasteiger partial charge < -0.3 is 0 Å². The molecule has 8 aromatic carbocycles. The number of nitrogens with zero attached hydrogens (tertiary/aromatic N) is 3. The van der Waals surface area contributed by atoms with Crippen LogP contribution in [0.2, 0.25) is 0 Å². The third kappa shape index (κ3) is 5.14. The van der Waals surface area contributed by atoms with E-state index in [2.05, 4.69) is 154 Å². The van der Waals surface area contributed by atoms with Crippen LogP contribution in [0.25, 0.3) is 97.8 Å². The van der Waals surface area contributed by atoms with E-state index in [1.165, 1.54) is 90.9 Å². The summed E-state index contributed by atoms with van der Waals surface area (Å²) in [6, 6.07) is 48.3. The van der Waals surface area contributed by atoms with Crippen LogP contribution in [0.3, 0.4) is 0 Å². The Morgan fingerprint density at radius 3 is 1.31 bits per heavy atom. The number of fused-ring (bicyclic) bond motifs is 9. The van der Waals surface area contributed by atoms with Crippen molar-refractivity contribution in [3.05, 3.63) is 133 Å². The van der Waals surface area contributed by atoms with Crippen molar-refractivity contribution in [3.8, 4) is 45.3 Å². The lowest BCUT2D eigenvalue weighted by Gasteiger charge is -2.20. The Balaban J connectivity index is 1.10. The highest BCUT2D eigenvalue weighted by molar-refractivity contribution is 7.25. The molecule has 0 aliphatic rings. The van der Waals surface area contributed by atoms with Crippen molar-refractivity contribution in [2.75, 3.05) is 0 Å². The third-order valence-electron chi connectivity index (χ3n) is 11.7. The van der Waals surface area contributed by atoms with Gasteiger partial charge in [-0.3, -0.25) is 0 Å². The lowest BCUT2D eigenvalue weighted by molar-refractivity contribution is 1.08. The van der Waals surface area contributed by atoms with Gasteiger partial charge in [0, 0.05) is 36.9 Å². The maximum absolute atomic E-state index is 5.20. The second kappa shape index (κ2) is 12.6. The summed E-state index contributed by atoms with van der Waals surface area (Å²) in [5.41, 5.74) is 11.8. The van der Waals surface area contributed by atoms with Crippen molar-refractivity contribution < 1.29 is 0 Å². The first-order valence-corrected chi connectivity index (χ1v) is 19.3. The second-order valence-corrected chi connectivity index (χ2v) is 15.6. The van der Waals surface area contributed by atoms with Gasteiger partial charge in [-0.25, -0.2) is 15.0 Å². The molecule has 248 valence electrons. The molecule has 0 amide bonds. The fraction of sp³-hybridized carbons (Fsp3) is 0. The summed E-state index contributed by atoms with van der Waals surface area (Å²) >= 11 is 1.83. The van der Waals surface area contributed by atoms with Gasteiger partial charge in [-0.15, -0.1) is 27.7 Å². The fourth-order valence-corrected chi connectivity index (χ4v) is 9.54. The SMILES string of the molecule is Bc1c(B)c(B)c(-c2nc(-c3ccccc3)nc(-c3ccc4c(c3)sc3cc(-c5ccc6c7ccccc7c7ccccc7c6c5)ccc34)n2)c(B)c1B.